The van der Waals surface area contributed by atoms with Crippen LogP contribution in [0.25, 0.3) is 11.5 Å². The molecule has 0 fully saturated rings. The first-order valence-corrected chi connectivity index (χ1v) is 5.40. The molecule has 0 atom stereocenters. The van der Waals surface area contributed by atoms with Crippen LogP contribution in [0.5, 0.6) is 0 Å². The summed E-state index contributed by atoms with van der Waals surface area (Å²) in [6, 6.07) is 0. The fourth-order valence-electron chi connectivity index (χ4n) is 1.78. The van der Waals surface area contributed by atoms with Crippen molar-refractivity contribution in [2.45, 2.75) is 20.8 Å². The predicted molar refractivity (Wildman–Crippen MR) is 64.5 cm³/mol. The molecule has 2 aromatic rings. The molecule has 2 aromatic heterocycles. The van der Waals surface area contributed by atoms with Crippen molar-refractivity contribution in [3.8, 4) is 11.5 Å². The molecule has 0 radical (unpaired) electrons. The van der Waals surface area contributed by atoms with Crippen molar-refractivity contribution in [1.29, 1.82) is 0 Å². The van der Waals surface area contributed by atoms with Crippen molar-refractivity contribution in [2.75, 3.05) is 0 Å². The number of nitrogens with zero attached hydrogens (tertiary/aromatic N) is 3. The van der Waals surface area contributed by atoms with Gasteiger partial charge in [-0.25, -0.2) is 4.98 Å². The molecule has 2 heterocycles. The van der Waals surface area contributed by atoms with Gasteiger partial charge in [-0.3, -0.25) is 9.59 Å². The van der Waals surface area contributed by atoms with Crippen molar-refractivity contribution in [1.82, 2.24) is 20.2 Å². The first-order valence-electron chi connectivity index (χ1n) is 5.40. The summed E-state index contributed by atoms with van der Waals surface area (Å²) in [5.74, 6) is 0.176. The lowest BCUT2D eigenvalue weighted by atomic mass is 10.1. The first-order chi connectivity index (χ1) is 8.54. The number of aromatic amines is 1. The molecule has 6 nitrogen and oxygen atoms in total. The highest BCUT2D eigenvalue weighted by atomic mass is 16.1. The van der Waals surface area contributed by atoms with E-state index >= 15 is 0 Å². The van der Waals surface area contributed by atoms with Gasteiger partial charge in [0.1, 0.15) is 0 Å². The molecule has 0 amide bonds. The van der Waals surface area contributed by atoms with Crippen LogP contribution in [0.3, 0.4) is 0 Å². The van der Waals surface area contributed by atoms with Gasteiger partial charge in [0.05, 0.1) is 23.3 Å². The number of Topliss-reactive ketones (excluding diaryl/α,β-unsaturated/α-hetero) is 1. The lowest BCUT2D eigenvalue weighted by Crippen LogP contribution is -1.97. The summed E-state index contributed by atoms with van der Waals surface area (Å²) in [7, 11) is 0. The number of carbonyl (C=O) groups excluding carboxylic acids is 2. The molecule has 0 saturated carbocycles. The highest BCUT2D eigenvalue weighted by Gasteiger charge is 2.19. The van der Waals surface area contributed by atoms with E-state index in [1.807, 2.05) is 0 Å². The summed E-state index contributed by atoms with van der Waals surface area (Å²) in [5.41, 5.74) is 2.53. The number of rotatable bonds is 3. The Morgan fingerprint density at radius 3 is 2.67 bits per heavy atom. The minimum Gasteiger partial charge on any atom is -0.349 e. The van der Waals surface area contributed by atoms with Gasteiger partial charge in [-0.1, -0.05) is 0 Å². The molecule has 1 N–H and O–H groups in total. The van der Waals surface area contributed by atoms with Crippen LogP contribution in [0.15, 0.2) is 6.20 Å². The van der Waals surface area contributed by atoms with E-state index in [-0.39, 0.29) is 5.78 Å². The predicted octanol–water partition coefficient (Wildman–Crippen LogP) is 1.50. The number of aldehydes is 1. The summed E-state index contributed by atoms with van der Waals surface area (Å²) >= 11 is 0. The van der Waals surface area contributed by atoms with Crippen LogP contribution < -0.4 is 0 Å². The quantitative estimate of drug-likeness (QED) is 0.652. The van der Waals surface area contributed by atoms with Gasteiger partial charge in [0.15, 0.2) is 17.9 Å². The third kappa shape index (κ3) is 1.92. The van der Waals surface area contributed by atoms with E-state index in [4.69, 9.17) is 0 Å². The summed E-state index contributed by atoms with van der Waals surface area (Å²) in [5, 5.41) is 7.66. The number of carbonyl (C=O) groups is 2. The third-order valence-electron chi connectivity index (χ3n) is 2.67. The second-order valence-electron chi connectivity index (χ2n) is 4.01. The maximum absolute atomic E-state index is 11.4. The molecule has 0 aromatic carbocycles. The van der Waals surface area contributed by atoms with Crippen LogP contribution in [-0.4, -0.2) is 32.2 Å². The molecule has 0 aliphatic carbocycles. The first kappa shape index (κ1) is 12.1. The van der Waals surface area contributed by atoms with Crippen LogP contribution in [0.1, 0.15) is 39.0 Å². The van der Waals surface area contributed by atoms with Crippen molar-refractivity contribution in [2.24, 2.45) is 0 Å². The number of H-pyrrole nitrogens is 1. The SMILES string of the molecule is CC(=O)c1[nH]c(-c2nncc(C)n2)c(C=O)c1C. The zero-order valence-corrected chi connectivity index (χ0v) is 10.3. The fourth-order valence-corrected chi connectivity index (χ4v) is 1.78. The van der Waals surface area contributed by atoms with Gasteiger partial charge in [-0.2, -0.15) is 5.10 Å². The van der Waals surface area contributed by atoms with E-state index in [1.165, 1.54) is 13.1 Å². The Morgan fingerprint density at radius 1 is 1.39 bits per heavy atom. The largest absolute Gasteiger partial charge is 0.349 e. The van der Waals surface area contributed by atoms with Gasteiger partial charge in [0.25, 0.3) is 0 Å². The van der Waals surface area contributed by atoms with E-state index in [0.29, 0.717) is 40.3 Å². The van der Waals surface area contributed by atoms with E-state index in [0.717, 1.165) is 0 Å². The second-order valence-corrected chi connectivity index (χ2v) is 4.01. The van der Waals surface area contributed by atoms with Crippen LogP contribution in [0.2, 0.25) is 0 Å². The highest BCUT2D eigenvalue weighted by Crippen LogP contribution is 2.24. The molecule has 92 valence electrons. The maximum atomic E-state index is 11.4. The number of nitrogens with one attached hydrogen (secondary N) is 1. The molecule has 0 unspecified atom stereocenters. The topological polar surface area (TPSA) is 88.6 Å². The monoisotopic (exact) mass is 244 g/mol. The van der Waals surface area contributed by atoms with Crippen molar-refractivity contribution < 1.29 is 9.59 Å². The molecule has 0 aliphatic rings. The number of hydrogen-bond donors (Lipinski definition) is 1. The molecule has 0 spiro atoms. The van der Waals surface area contributed by atoms with Gasteiger partial charge < -0.3 is 4.98 Å². The van der Waals surface area contributed by atoms with Crippen LogP contribution in [-0.2, 0) is 0 Å². The zero-order valence-electron chi connectivity index (χ0n) is 10.3. The van der Waals surface area contributed by atoms with Crippen LogP contribution in [0, 0.1) is 13.8 Å². The smallest absolute Gasteiger partial charge is 0.199 e. The Bertz CT molecular complexity index is 631. The number of aromatic nitrogens is 4. The summed E-state index contributed by atoms with van der Waals surface area (Å²) in [6.07, 6.45) is 2.21. The lowest BCUT2D eigenvalue weighted by Gasteiger charge is -1.98. The van der Waals surface area contributed by atoms with Gasteiger partial charge in [-0.15, -0.1) is 5.10 Å². The standard InChI is InChI=1S/C12H12N4O2/c1-6-4-13-16-12(14-6)11-9(5-17)7(2)10(15-11)8(3)18/h4-5,15H,1-3H3. The highest BCUT2D eigenvalue weighted by molar-refractivity contribution is 5.99. The van der Waals surface area contributed by atoms with Crippen LogP contribution in [0.4, 0.5) is 0 Å². The Labute approximate surface area is 103 Å². The Kier molecular flexibility index (Phi) is 3.01. The normalized spacial score (nSPS) is 10.4. The Hall–Kier alpha value is -2.37. The van der Waals surface area contributed by atoms with Gasteiger partial charge in [0, 0.05) is 12.5 Å². The molecule has 0 aliphatic heterocycles. The Morgan fingerprint density at radius 2 is 2.11 bits per heavy atom. The summed E-state index contributed by atoms with van der Waals surface area (Å²) in [4.78, 5) is 29.7. The third-order valence-corrected chi connectivity index (χ3v) is 2.67. The fraction of sp³-hybridized carbons (Fsp3) is 0.250. The van der Waals surface area contributed by atoms with E-state index in [2.05, 4.69) is 20.2 Å². The molecule has 0 saturated heterocycles. The average Bonchev–Trinajstić information content (AvgIpc) is 2.66. The van der Waals surface area contributed by atoms with Gasteiger partial charge in [-0.05, 0) is 19.4 Å². The van der Waals surface area contributed by atoms with E-state index in [1.54, 1.807) is 13.8 Å². The van der Waals surface area contributed by atoms with Gasteiger partial charge in [0.2, 0.25) is 0 Å². The zero-order chi connectivity index (χ0) is 13.3. The van der Waals surface area contributed by atoms with Crippen molar-refractivity contribution in [3.05, 3.63) is 28.7 Å². The Balaban J connectivity index is 2.68. The lowest BCUT2D eigenvalue weighted by molar-refractivity contribution is 0.101. The molecule has 2 rings (SSSR count). The molecule has 18 heavy (non-hydrogen) atoms. The van der Waals surface area contributed by atoms with Crippen molar-refractivity contribution >= 4 is 12.1 Å². The number of aryl methyl sites for hydroxylation is 1. The number of ketones is 1. The van der Waals surface area contributed by atoms with Gasteiger partial charge >= 0.3 is 0 Å². The average molecular weight is 244 g/mol. The van der Waals surface area contributed by atoms with Crippen molar-refractivity contribution in [3.63, 3.8) is 0 Å². The summed E-state index contributed by atoms with van der Waals surface area (Å²) < 4.78 is 0. The van der Waals surface area contributed by atoms with Crippen LogP contribution >= 0.6 is 0 Å². The second kappa shape index (κ2) is 4.48. The van der Waals surface area contributed by atoms with E-state index < -0.39 is 0 Å². The molecular weight excluding hydrogens is 232 g/mol. The minimum atomic E-state index is -0.137. The molecular formula is C12H12N4O2. The van der Waals surface area contributed by atoms with E-state index in [9.17, 15) is 9.59 Å². The number of hydrogen-bond acceptors (Lipinski definition) is 5. The molecule has 6 heteroatoms. The summed E-state index contributed by atoms with van der Waals surface area (Å²) in [6.45, 7) is 4.93. The minimum absolute atomic E-state index is 0.137. The molecule has 0 bridgehead atoms. The maximum Gasteiger partial charge on any atom is 0.199 e.